The van der Waals surface area contributed by atoms with E-state index in [1.165, 1.54) is 0 Å². The number of alkyl halides is 3. The maximum absolute atomic E-state index is 12.0. The normalized spacial score (nSPS) is 13.2. The molecule has 74 valence electrons. The second-order valence-corrected chi connectivity index (χ2v) is 4.58. The van der Waals surface area contributed by atoms with Crippen molar-refractivity contribution in [2.24, 2.45) is 0 Å². The lowest BCUT2D eigenvalue weighted by Gasteiger charge is -2.02. The molecule has 0 saturated heterocycles. The molecule has 0 aliphatic carbocycles. The molecule has 0 aliphatic rings. The van der Waals surface area contributed by atoms with E-state index in [0.717, 1.165) is 0 Å². The van der Waals surface area contributed by atoms with Crippen LogP contribution in [0.3, 0.4) is 0 Å². The van der Waals surface area contributed by atoms with Crippen LogP contribution in [0.15, 0.2) is 21.6 Å². The van der Waals surface area contributed by atoms with Gasteiger partial charge in [-0.3, -0.25) is 0 Å². The van der Waals surface area contributed by atoms with Gasteiger partial charge in [-0.25, -0.2) is 8.42 Å². The molecular formula is C5H2ClF3O3S. The second-order valence-electron chi connectivity index (χ2n) is 2.05. The van der Waals surface area contributed by atoms with Crippen LogP contribution in [0, 0.1) is 0 Å². The fourth-order valence-corrected chi connectivity index (χ4v) is 1.66. The topological polar surface area (TPSA) is 47.3 Å². The van der Waals surface area contributed by atoms with E-state index in [1.807, 2.05) is 0 Å². The third-order valence-corrected chi connectivity index (χ3v) is 2.49. The molecule has 0 bridgehead atoms. The first-order valence-corrected chi connectivity index (χ1v) is 5.13. The van der Waals surface area contributed by atoms with E-state index < -0.39 is 25.9 Å². The molecule has 0 atom stereocenters. The molecule has 1 aromatic heterocycles. The van der Waals surface area contributed by atoms with Gasteiger partial charge in [0.25, 0.3) is 9.05 Å². The molecule has 8 heteroatoms. The zero-order valence-corrected chi connectivity index (χ0v) is 7.37. The first-order valence-electron chi connectivity index (χ1n) is 2.82. The first-order chi connectivity index (χ1) is 5.73. The van der Waals surface area contributed by atoms with Crippen LogP contribution in [0.25, 0.3) is 0 Å². The summed E-state index contributed by atoms with van der Waals surface area (Å²) in [6.45, 7) is 0. The molecule has 0 saturated carbocycles. The molecule has 1 aromatic rings. The highest BCUT2D eigenvalue weighted by Crippen LogP contribution is 2.35. The third kappa shape index (κ3) is 2.16. The lowest BCUT2D eigenvalue weighted by atomic mass is 10.4. The third-order valence-electron chi connectivity index (χ3n) is 1.15. The van der Waals surface area contributed by atoms with E-state index in [2.05, 4.69) is 4.42 Å². The van der Waals surface area contributed by atoms with Gasteiger partial charge >= 0.3 is 6.18 Å². The Labute approximate surface area is 75.5 Å². The minimum atomic E-state index is -4.86. The van der Waals surface area contributed by atoms with Gasteiger partial charge in [0, 0.05) is 10.7 Å². The van der Waals surface area contributed by atoms with E-state index in [4.69, 9.17) is 10.7 Å². The Balaban J connectivity index is 3.35. The lowest BCUT2D eigenvalue weighted by molar-refractivity contribution is -0.155. The molecule has 0 amide bonds. The van der Waals surface area contributed by atoms with Crippen molar-refractivity contribution in [2.75, 3.05) is 0 Å². The van der Waals surface area contributed by atoms with Crippen molar-refractivity contribution in [3.63, 3.8) is 0 Å². The summed E-state index contributed by atoms with van der Waals surface area (Å²) < 4.78 is 61.1. The van der Waals surface area contributed by atoms with Gasteiger partial charge < -0.3 is 4.42 Å². The summed E-state index contributed by atoms with van der Waals surface area (Å²) in [5.74, 6) is -1.61. The van der Waals surface area contributed by atoms with Crippen molar-refractivity contribution >= 4 is 19.7 Å². The first kappa shape index (κ1) is 10.4. The van der Waals surface area contributed by atoms with Crippen LogP contribution in [-0.2, 0) is 15.2 Å². The standard InChI is InChI=1S/C5H2ClF3O3S/c6-13(10,11)3-1-2-12-4(3)5(7,8)9/h1-2H. The van der Waals surface area contributed by atoms with Gasteiger partial charge in [-0.1, -0.05) is 0 Å². The highest BCUT2D eigenvalue weighted by Gasteiger charge is 2.40. The average Bonchev–Trinajstić information content (AvgIpc) is 2.27. The van der Waals surface area contributed by atoms with E-state index in [-0.39, 0.29) is 0 Å². The van der Waals surface area contributed by atoms with Gasteiger partial charge in [-0.05, 0) is 6.07 Å². The molecule has 0 spiro atoms. The van der Waals surface area contributed by atoms with Gasteiger partial charge in [0.05, 0.1) is 6.26 Å². The molecule has 0 aromatic carbocycles. The highest BCUT2D eigenvalue weighted by molar-refractivity contribution is 8.13. The molecule has 1 heterocycles. The largest absolute Gasteiger partial charge is 0.458 e. The Hall–Kier alpha value is -0.690. The second kappa shape index (κ2) is 2.91. The summed E-state index contributed by atoms with van der Waals surface area (Å²) in [5, 5.41) is 0. The van der Waals surface area contributed by atoms with Crippen molar-refractivity contribution < 1.29 is 26.0 Å². The Morgan fingerprint density at radius 2 is 1.92 bits per heavy atom. The summed E-state index contributed by atoms with van der Waals surface area (Å²) in [4.78, 5) is -1.07. The van der Waals surface area contributed by atoms with E-state index in [9.17, 15) is 21.6 Å². The molecule has 3 nitrogen and oxygen atoms in total. The van der Waals surface area contributed by atoms with Crippen LogP contribution in [0.5, 0.6) is 0 Å². The maximum Gasteiger partial charge on any atom is 0.450 e. The molecular weight excluding hydrogens is 233 g/mol. The Morgan fingerprint density at radius 3 is 2.23 bits per heavy atom. The van der Waals surface area contributed by atoms with Crippen molar-refractivity contribution in [3.8, 4) is 0 Å². The predicted octanol–water partition coefficient (Wildman–Crippen LogP) is 2.23. The molecule has 0 aliphatic heterocycles. The molecule has 0 radical (unpaired) electrons. The summed E-state index contributed by atoms with van der Waals surface area (Å²) in [7, 11) is 0.309. The fraction of sp³-hybridized carbons (Fsp3) is 0.200. The Bertz CT molecular complexity index is 405. The smallest absolute Gasteiger partial charge is 0.450 e. The SMILES string of the molecule is O=S(=O)(Cl)c1ccoc1C(F)(F)F. The van der Waals surface area contributed by atoms with Crippen LogP contribution in [0.1, 0.15) is 5.76 Å². The number of furan rings is 1. The van der Waals surface area contributed by atoms with Gasteiger partial charge in [0.2, 0.25) is 5.76 Å². The highest BCUT2D eigenvalue weighted by atomic mass is 35.7. The van der Waals surface area contributed by atoms with E-state index in [0.29, 0.717) is 12.3 Å². The van der Waals surface area contributed by atoms with Crippen LogP contribution in [0.4, 0.5) is 13.2 Å². The van der Waals surface area contributed by atoms with Gasteiger partial charge in [-0.15, -0.1) is 0 Å². The summed E-state index contributed by atoms with van der Waals surface area (Å²) in [5.41, 5.74) is 0. The summed E-state index contributed by atoms with van der Waals surface area (Å²) >= 11 is 0. The quantitative estimate of drug-likeness (QED) is 0.700. The zero-order valence-electron chi connectivity index (χ0n) is 5.80. The lowest BCUT2D eigenvalue weighted by Crippen LogP contribution is -2.07. The van der Waals surface area contributed by atoms with Crippen LogP contribution in [0.2, 0.25) is 0 Å². The Morgan fingerprint density at radius 1 is 1.38 bits per heavy atom. The maximum atomic E-state index is 12.0. The Kier molecular flexibility index (Phi) is 2.33. The van der Waals surface area contributed by atoms with E-state index in [1.54, 1.807) is 0 Å². The van der Waals surface area contributed by atoms with Crippen LogP contribution >= 0.6 is 10.7 Å². The fourth-order valence-electron chi connectivity index (χ4n) is 0.696. The number of hydrogen-bond donors (Lipinski definition) is 0. The minimum Gasteiger partial charge on any atom is -0.458 e. The summed E-state index contributed by atoms with van der Waals surface area (Å²) in [6.07, 6.45) is -4.25. The monoisotopic (exact) mass is 234 g/mol. The molecule has 0 N–H and O–H groups in total. The van der Waals surface area contributed by atoms with Crippen molar-refractivity contribution in [2.45, 2.75) is 11.1 Å². The average molecular weight is 235 g/mol. The van der Waals surface area contributed by atoms with Gasteiger partial charge in [-0.2, -0.15) is 13.2 Å². The van der Waals surface area contributed by atoms with Crippen LogP contribution < -0.4 is 0 Å². The van der Waals surface area contributed by atoms with Crippen LogP contribution in [-0.4, -0.2) is 8.42 Å². The minimum absolute atomic E-state index is 0.609. The number of halogens is 4. The molecule has 0 fully saturated rings. The van der Waals surface area contributed by atoms with Gasteiger partial charge in [0.15, 0.2) is 0 Å². The number of hydrogen-bond acceptors (Lipinski definition) is 3. The molecule has 0 unspecified atom stereocenters. The molecule has 1 rings (SSSR count). The van der Waals surface area contributed by atoms with E-state index >= 15 is 0 Å². The van der Waals surface area contributed by atoms with Crippen molar-refractivity contribution in [1.29, 1.82) is 0 Å². The molecule has 13 heavy (non-hydrogen) atoms. The van der Waals surface area contributed by atoms with Crippen molar-refractivity contribution in [1.82, 2.24) is 0 Å². The predicted molar refractivity (Wildman–Crippen MR) is 36.7 cm³/mol. The van der Waals surface area contributed by atoms with Crippen molar-refractivity contribution in [3.05, 3.63) is 18.1 Å². The van der Waals surface area contributed by atoms with Gasteiger partial charge in [0.1, 0.15) is 4.90 Å². The number of rotatable bonds is 1. The summed E-state index contributed by atoms with van der Waals surface area (Å²) in [6, 6.07) is 0.644. The zero-order chi connectivity index (χ0) is 10.3.